The largest absolute Gasteiger partial charge is 0.326 e. The van der Waals surface area contributed by atoms with Crippen molar-refractivity contribution in [1.82, 2.24) is 0 Å². The molecule has 3 rings (SSSR count). The average molecular weight is 336 g/mol. The number of rotatable bonds is 4. The number of nitrogens with one attached hydrogen (secondary N) is 1. The zero-order valence-electron chi connectivity index (χ0n) is 15.2. The van der Waals surface area contributed by atoms with Crippen LogP contribution in [-0.2, 0) is 4.79 Å². The zero-order valence-corrected chi connectivity index (χ0v) is 15.2. The standard InChI is InChI=1S/C21H24N2O2/c1-13-5-6-14(2)19(11-13)23(4)21(25)16-7-9-17(10-8-16)22-20(24)18-12-15(18)3/h5-11,15,18H,12H2,1-4H3,(H,22,24)/t15-,18-/m0/s1. The molecule has 1 aliphatic carbocycles. The number of nitrogens with zero attached hydrogens (tertiary/aromatic N) is 1. The maximum atomic E-state index is 12.7. The van der Waals surface area contributed by atoms with Crippen LogP contribution in [-0.4, -0.2) is 18.9 Å². The van der Waals surface area contributed by atoms with Crippen molar-refractivity contribution in [2.75, 3.05) is 17.3 Å². The molecule has 0 aromatic heterocycles. The van der Waals surface area contributed by atoms with Crippen LogP contribution in [0.2, 0.25) is 0 Å². The Kier molecular flexibility index (Phi) is 4.62. The third-order valence-electron chi connectivity index (χ3n) is 4.88. The Morgan fingerprint density at radius 2 is 1.72 bits per heavy atom. The summed E-state index contributed by atoms with van der Waals surface area (Å²) in [5, 5.41) is 2.91. The van der Waals surface area contributed by atoms with Crippen molar-refractivity contribution in [2.45, 2.75) is 27.2 Å². The van der Waals surface area contributed by atoms with E-state index in [2.05, 4.69) is 12.2 Å². The van der Waals surface area contributed by atoms with Crippen LogP contribution < -0.4 is 10.2 Å². The highest BCUT2D eigenvalue weighted by Gasteiger charge is 2.39. The fourth-order valence-electron chi connectivity index (χ4n) is 3.00. The summed E-state index contributed by atoms with van der Waals surface area (Å²) in [4.78, 5) is 26.4. The van der Waals surface area contributed by atoms with Crippen LogP contribution in [0.25, 0.3) is 0 Å². The highest BCUT2D eigenvalue weighted by atomic mass is 16.2. The summed E-state index contributed by atoms with van der Waals surface area (Å²) in [7, 11) is 1.79. The Bertz CT molecular complexity index is 811. The first-order valence-electron chi connectivity index (χ1n) is 8.63. The van der Waals surface area contributed by atoms with Gasteiger partial charge in [0, 0.05) is 29.9 Å². The van der Waals surface area contributed by atoms with Crippen LogP contribution in [0.3, 0.4) is 0 Å². The van der Waals surface area contributed by atoms with Crippen LogP contribution in [0, 0.1) is 25.7 Å². The number of hydrogen-bond acceptors (Lipinski definition) is 2. The Morgan fingerprint density at radius 3 is 2.32 bits per heavy atom. The molecule has 2 aromatic carbocycles. The summed E-state index contributed by atoms with van der Waals surface area (Å²) in [5.41, 5.74) is 4.41. The minimum Gasteiger partial charge on any atom is -0.326 e. The molecule has 1 fully saturated rings. The first-order chi connectivity index (χ1) is 11.9. The van der Waals surface area contributed by atoms with Crippen LogP contribution >= 0.6 is 0 Å². The SMILES string of the molecule is Cc1ccc(C)c(N(C)C(=O)c2ccc(NC(=O)[C@H]3C[C@@H]3C)cc2)c1. The number of aryl methyl sites for hydroxylation is 2. The van der Waals surface area contributed by atoms with Crippen LogP contribution in [0.1, 0.15) is 34.8 Å². The van der Waals surface area contributed by atoms with Gasteiger partial charge in [0.05, 0.1) is 0 Å². The Morgan fingerprint density at radius 1 is 1.08 bits per heavy atom. The molecule has 4 nitrogen and oxygen atoms in total. The molecule has 1 aliphatic rings. The predicted molar refractivity (Wildman–Crippen MR) is 101 cm³/mol. The highest BCUT2D eigenvalue weighted by Crippen LogP contribution is 2.38. The fraction of sp³-hybridized carbons (Fsp3) is 0.333. The van der Waals surface area contributed by atoms with E-state index in [1.807, 2.05) is 32.0 Å². The number of carbonyl (C=O) groups excluding carboxylic acids is 2. The quantitative estimate of drug-likeness (QED) is 0.911. The first-order valence-corrected chi connectivity index (χ1v) is 8.63. The van der Waals surface area contributed by atoms with Crippen LogP contribution in [0.15, 0.2) is 42.5 Å². The van der Waals surface area contributed by atoms with Gasteiger partial charge in [0.2, 0.25) is 5.91 Å². The minimum atomic E-state index is -0.0672. The van der Waals surface area contributed by atoms with Gasteiger partial charge in [-0.15, -0.1) is 0 Å². The first kappa shape index (κ1) is 17.2. The molecule has 0 radical (unpaired) electrons. The summed E-state index contributed by atoms with van der Waals surface area (Å²) in [6, 6.07) is 13.2. The second-order valence-electron chi connectivity index (χ2n) is 7.04. The normalized spacial score (nSPS) is 18.6. The Hall–Kier alpha value is -2.62. The maximum Gasteiger partial charge on any atom is 0.258 e. The lowest BCUT2D eigenvalue weighted by atomic mass is 10.1. The number of anilines is 2. The van der Waals surface area contributed by atoms with E-state index >= 15 is 0 Å². The predicted octanol–water partition coefficient (Wildman–Crippen LogP) is 4.17. The summed E-state index contributed by atoms with van der Waals surface area (Å²) in [6.45, 7) is 6.09. The van der Waals surface area contributed by atoms with Gasteiger partial charge in [0.25, 0.3) is 5.91 Å². The molecule has 25 heavy (non-hydrogen) atoms. The highest BCUT2D eigenvalue weighted by molar-refractivity contribution is 6.06. The van der Waals surface area contributed by atoms with E-state index in [9.17, 15) is 9.59 Å². The van der Waals surface area contributed by atoms with Crippen molar-refractivity contribution in [2.24, 2.45) is 11.8 Å². The summed E-state index contributed by atoms with van der Waals surface area (Å²) in [5.74, 6) is 0.616. The van der Waals surface area contributed by atoms with Crippen molar-refractivity contribution >= 4 is 23.2 Å². The van der Waals surface area contributed by atoms with E-state index in [0.29, 0.717) is 11.5 Å². The van der Waals surface area contributed by atoms with E-state index < -0.39 is 0 Å². The third-order valence-corrected chi connectivity index (χ3v) is 4.88. The molecule has 0 spiro atoms. The molecule has 1 saturated carbocycles. The molecule has 0 heterocycles. The van der Waals surface area contributed by atoms with Crippen LogP contribution in [0.4, 0.5) is 11.4 Å². The van der Waals surface area contributed by atoms with E-state index in [-0.39, 0.29) is 17.7 Å². The Labute approximate surface area is 148 Å². The van der Waals surface area contributed by atoms with Gasteiger partial charge in [0.15, 0.2) is 0 Å². The molecule has 130 valence electrons. The van der Waals surface area contributed by atoms with Crippen LogP contribution in [0.5, 0.6) is 0 Å². The van der Waals surface area contributed by atoms with E-state index in [1.165, 1.54) is 0 Å². The van der Waals surface area contributed by atoms with Gasteiger partial charge in [-0.2, -0.15) is 0 Å². The summed E-state index contributed by atoms with van der Waals surface area (Å²) >= 11 is 0. The molecule has 1 N–H and O–H groups in total. The average Bonchev–Trinajstić information content (AvgIpc) is 3.33. The molecule has 0 unspecified atom stereocenters. The van der Waals surface area contributed by atoms with Crippen molar-refractivity contribution in [3.05, 3.63) is 59.2 Å². The van der Waals surface area contributed by atoms with Gasteiger partial charge in [-0.25, -0.2) is 0 Å². The minimum absolute atomic E-state index is 0.0672. The van der Waals surface area contributed by atoms with E-state index in [0.717, 1.165) is 28.9 Å². The lowest BCUT2D eigenvalue weighted by Crippen LogP contribution is -2.27. The van der Waals surface area contributed by atoms with Gasteiger partial charge in [-0.1, -0.05) is 19.1 Å². The molecule has 4 heteroatoms. The second-order valence-corrected chi connectivity index (χ2v) is 7.04. The number of benzene rings is 2. The molecule has 2 aromatic rings. The maximum absolute atomic E-state index is 12.7. The van der Waals surface area contributed by atoms with Gasteiger partial charge in [-0.3, -0.25) is 9.59 Å². The molecule has 2 amide bonds. The number of amides is 2. The van der Waals surface area contributed by atoms with Crippen molar-refractivity contribution in [3.8, 4) is 0 Å². The smallest absolute Gasteiger partial charge is 0.258 e. The molecular formula is C21H24N2O2. The Balaban J connectivity index is 1.71. The van der Waals surface area contributed by atoms with Gasteiger partial charge in [-0.05, 0) is 67.6 Å². The molecular weight excluding hydrogens is 312 g/mol. The second kappa shape index (κ2) is 6.71. The molecule has 0 saturated heterocycles. The summed E-state index contributed by atoms with van der Waals surface area (Å²) < 4.78 is 0. The van der Waals surface area contributed by atoms with E-state index in [1.54, 1.807) is 36.2 Å². The van der Waals surface area contributed by atoms with Gasteiger partial charge in [0.1, 0.15) is 0 Å². The molecule has 2 atom stereocenters. The lowest BCUT2D eigenvalue weighted by Gasteiger charge is -2.20. The van der Waals surface area contributed by atoms with E-state index in [4.69, 9.17) is 0 Å². The molecule has 0 aliphatic heterocycles. The van der Waals surface area contributed by atoms with Crippen molar-refractivity contribution in [1.29, 1.82) is 0 Å². The summed E-state index contributed by atoms with van der Waals surface area (Å²) in [6.07, 6.45) is 0.961. The van der Waals surface area contributed by atoms with Crippen molar-refractivity contribution in [3.63, 3.8) is 0 Å². The topological polar surface area (TPSA) is 49.4 Å². The number of carbonyl (C=O) groups is 2. The number of hydrogen-bond donors (Lipinski definition) is 1. The molecule has 0 bridgehead atoms. The van der Waals surface area contributed by atoms with Crippen molar-refractivity contribution < 1.29 is 9.59 Å². The third kappa shape index (κ3) is 3.73. The monoisotopic (exact) mass is 336 g/mol. The van der Waals surface area contributed by atoms with Gasteiger partial charge >= 0.3 is 0 Å². The fourth-order valence-corrected chi connectivity index (χ4v) is 3.00. The zero-order chi connectivity index (χ0) is 18.1. The van der Waals surface area contributed by atoms with Gasteiger partial charge < -0.3 is 10.2 Å². The lowest BCUT2D eigenvalue weighted by molar-refractivity contribution is -0.117.